The fraction of sp³-hybridized carbons (Fsp3) is 0.212. The predicted octanol–water partition coefficient (Wildman–Crippen LogP) is 3.67. The second-order valence-electron chi connectivity index (χ2n) is 10.2. The smallest absolute Gasteiger partial charge is 0.359 e. The number of ether oxygens (including phenoxy) is 3. The Morgan fingerprint density at radius 1 is 0.930 bits per heavy atom. The highest BCUT2D eigenvalue weighted by molar-refractivity contribution is 8.00. The van der Waals surface area contributed by atoms with Gasteiger partial charge < -0.3 is 19.5 Å². The maximum atomic E-state index is 14.0. The number of hydrogen-bond acceptors (Lipinski definition) is 8. The molecule has 1 fully saturated rings. The first kappa shape index (κ1) is 28.3. The van der Waals surface area contributed by atoms with Gasteiger partial charge >= 0.3 is 11.9 Å². The quantitative estimate of drug-likeness (QED) is 0.279. The molecule has 3 aromatic rings. The number of rotatable bonds is 10. The third-order valence-corrected chi connectivity index (χ3v) is 8.49. The van der Waals surface area contributed by atoms with Crippen molar-refractivity contribution in [2.45, 2.75) is 23.9 Å². The Bertz CT molecular complexity index is 1550. The summed E-state index contributed by atoms with van der Waals surface area (Å²) in [5, 5.41) is 2.32. The molecule has 1 saturated heterocycles. The van der Waals surface area contributed by atoms with Gasteiger partial charge in [-0.15, -0.1) is 11.8 Å². The number of benzene rings is 3. The summed E-state index contributed by atoms with van der Waals surface area (Å²) in [7, 11) is 0. The number of nitrogens with zero attached hydrogens (tertiary/aromatic N) is 1. The van der Waals surface area contributed by atoms with Crippen molar-refractivity contribution < 1.29 is 33.4 Å². The molecular formula is C33H28N2O7S. The highest BCUT2D eigenvalue weighted by atomic mass is 32.2. The van der Waals surface area contributed by atoms with Gasteiger partial charge in [0.25, 0.3) is 5.91 Å². The highest BCUT2D eigenvalue weighted by Crippen LogP contribution is 2.42. The Labute approximate surface area is 252 Å². The lowest BCUT2D eigenvalue weighted by Gasteiger charge is -2.49. The van der Waals surface area contributed by atoms with Crippen LogP contribution < -0.4 is 5.32 Å². The van der Waals surface area contributed by atoms with E-state index in [4.69, 9.17) is 14.2 Å². The molecule has 3 aliphatic heterocycles. The van der Waals surface area contributed by atoms with Gasteiger partial charge in [-0.2, -0.15) is 0 Å². The molecule has 0 aliphatic carbocycles. The van der Waals surface area contributed by atoms with Gasteiger partial charge in [-0.05, 0) is 16.7 Å². The monoisotopic (exact) mass is 596 g/mol. The maximum Gasteiger partial charge on any atom is 0.359 e. The number of hydrogen-bond donors (Lipinski definition) is 1. The first-order chi connectivity index (χ1) is 21.0. The fourth-order valence-electron chi connectivity index (χ4n) is 5.12. The van der Waals surface area contributed by atoms with Crippen molar-refractivity contribution in [3.63, 3.8) is 0 Å². The summed E-state index contributed by atoms with van der Waals surface area (Å²) in [6.07, 6.45) is 0.746. The van der Waals surface area contributed by atoms with Gasteiger partial charge in [0.2, 0.25) is 5.91 Å². The molecule has 10 heteroatoms. The molecule has 2 amide bonds. The number of esters is 2. The van der Waals surface area contributed by atoms with Crippen molar-refractivity contribution in [3.05, 3.63) is 131 Å². The van der Waals surface area contributed by atoms with Gasteiger partial charge in [0, 0.05) is 11.6 Å². The summed E-state index contributed by atoms with van der Waals surface area (Å²) in [5.41, 5.74) is 2.96. The third kappa shape index (κ3) is 6.19. The largest absolute Gasteiger partial charge is 0.490 e. The van der Waals surface area contributed by atoms with Crippen molar-refractivity contribution in [2.24, 2.45) is 0 Å². The molecule has 1 N–H and O–H groups in total. The van der Waals surface area contributed by atoms with Crippen LogP contribution in [0, 0.1) is 0 Å². The van der Waals surface area contributed by atoms with Crippen LogP contribution in [0.15, 0.2) is 114 Å². The summed E-state index contributed by atoms with van der Waals surface area (Å²) in [6.45, 7) is 0.118. The number of thioether (sulfide) groups is 1. The molecule has 3 aliphatic rings. The van der Waals surface area contributed by atoms with Crippen molar-refractivity contribution in [1.82, 2.24) is 10.2 Å². The highest BCUT2D eigenvalue weighted by Gasteiger charge is 2.55. The van der Waals surface area contributed by atoms with E-state index >= 15 is 0 Å². The number of carbonyl (C=O) groups is 4. The molecule has 0 spiro atoms. The number of amides is 2. The molecule has 2 atom stereocenters. The predicted molar refractivity (Wildman–Crippen MR) is 158 cm³/mol. The molecule has 0 aromatic heterocycles. The van der Waals surface area contributed by atoms with Gasteiger partial charge in [0.05, 0.1) is 12.2 Å². The minimum Gasteiger partial charge on any atom is -0.490 e. The van der Waals surface area contributed by atoms with Crippen LogP contribution >= 0.6 is 11.8 Å². The fourth-order valence-corrected chi connectivity index (χ4v) is 6.40. The van der Waals surface area contributed by atoms with E-state index in [0.29, 0.717) is 5.57 Å². The molecule has 0 bridgehead atoms. The average molecular weight is 597 g/mol. The molecule has 3 heterocycles. The van der Waals surface area contributed by atoms with E-state index in [1.165, 1.54) is 22.7 Å². The molecule has 9 nitrogen and oxygen atoms in total. The van der Waals surface area contributed by atoms with E-state index < -0.39 is 35.4 Å². The topological polar surface area (TPSA) is 111 Å². The van der Waals surface area contributed by atoms with Gasteiger partial charge in [0.15, 0.2) is 11.8 Å². The van der Waals surface area contributed by atoms with E-state index in [1.807, 2.05) is 91.0 Å². The molecule has 0 saturated carbocycles. The summed E-state index contributed by atoms with van der Waals surface area (Å²) in [4.78, 5) is 53.1. The van der Waals surface area contributed by atoms with E-state index in [9.17, 15) is 19.2 Å². The van der Waals surface area contributed by atoms with Crippen LogP contribution in [0.5, 0.6) is 0 Å². The molecule has 3 aromatic carbocycles. The first-order valence-corrected chi connectivity index (χ1v) is 14.8. The average Bonchev–Trinajstić information content (AvgIpc) is 3.47. The van der Waals surface area contributed by atoms with Crippen molar-refractivity contribution in [2.75, 3.05) is 19.0 Å². The second kappa shape index (κ2) is 12.6. The Kier molecular flexibility index (Phi) is 8.28. The van der Waals surface area contributed by atoms with Crippen LogP contribution in [-0.2, 0) is 39.8 Å². The maximum absolute atomic E-state index is 14.0. The lowest BCUT2D eigenvalue weighted by atomic mass is 10.0. The minimum atomic E-state index is -0.798. The molecule has 43 heavy (non-hydrogen) atoms. The zero-order chi connectivity index (χ0) is 29.8. The number of fused-ring (bicyclic) bond motifs is 1. The number of nitrogens with one attached hydrogen (secondary N) is 1. The molecule has 6 rings (SSSR count). The van der Waals surface area contributed by atoms with E-state index in [2.05, 4.69) is 5.32 Å². The summed E-state index contributed by atoms with van der Waals surface area (Å²) >= 11 is 1.38. The molecular weight excluding hydrogens is 568 g/mol. The zero-order valence-corrected chi connectivity index (χ0v) is 23.8. The Morgan fingerprint density at radius 2 is 1.56 bits per heavy atom. The lowest BCUT2D eigenvalue weighted by molar-refractivity contribution is -0.155. The standard InChI is InChI=1S/C33H28N2O7S/c36-26(16-21-10-4-1-5-11-21)34-28-31(38)35-29(25(20-43-32(28)35)40-18-22-17-27(37)41-19-22)33(39)42-30(23-12-6-2-7-13-23)24-14-8-3-9-15-24/h1-15,17,28,30,32H,16,18-20H2,(H,34,36)/t28-,32-/m1/s1. The van der Waals surface area contributed by atoms with Crippen LogP contribution in [0.2, 0.25) is 0 Å². The number of cyclic esters (lactones) is 1. The van der Waals surface area contributed by atoms with E-state index in [0.717, 1.165) is 16.7 Å². The molecule has 0 unspecified atom stereocenters. The van der Waals surface area contributed by atoms with Gasteiger partial charge in [0.1, 0.15) is 30.4 Å². The Balaban J connectivity index is 1.26. The SMILES string of the molecule is O=C(Cc1ccccc1)N[C@@H]1C(=O)N2C(C(=O)OC(c3ccccc3)c3ccccc3)=C(OCC3=CC(=O)OC3)CS[C@H]12. The number of β-lactam (4-membered cyclic amide) rings is 1. The van der Waals surface area contributed by atoms with Crippen molar-refractivity contribution >= 4 is 35.5 Å². The zero-order valence-electron chi connectivity index (χ0n) is 23.0. The van der Waals surface area contributed by atoms with Crippen LogP contribution in [0.4, 0.5) is 0 Å². The van der Waals surface area contributed by atoms with Gasteiger partial charge in [-0.1, -0.05) is 91.0 Å². The summed E-state index contributed by atoms with van der Waals surface area (Å²) < 4.78 is 17.1. The Morgan fingerprint density at radius 3 is 2.16 bits per heavy atom. The van der Waals surface area contributed by atoms with E-state index in [-0.39, 0.29) is 42.8 Å². The normalized spacial score (nSPS) is 19.3. The first-order valence-electron chi connectivity index (χ1n) is 13.8. The van der Waals surface area contributed by atoms with Crippen LogP contribution in [0.1, 0.15) is 22.8 Å². The van der Waals surface area contributed by atoms with Gasteiger partial charge in [-0.25, -0.2) is 9.59 Å². The second-order valence-corrected chi connectivity index (χ2v) is 11.3. The Hall–Kier alpha value is -4.83. The van der Waals surface area contributed by atoms with Crippen LogP contribution in [-0.4, -0.2) is 59.0 Å². The number of carbonyl (C=O) groups excluding carboxylic acids is 4. The van der Waals surface area contributed by atoms with Crippen molar-refractivity contribution in [3.8, 4) is 0 Å². The van der Waals surface area contributed by atoms with Gasteiger partial charge in [-0.3, -0.25) is 14.5 Å². The third-order valence-electron chi connectivity index (χ3n) is 7.23. The summed E-state index contributed by atoms with van der Waals surface area (Å²) in [5.74, 6) is -1.38. The van der Waals surface area contributed by atoms with Crippen LogP contribution in [0.3, 0.4) is 0 Å². The van der Waals surface area contributed by atoms with Crippen molar-refractivity contribution in [1.29, 1.82) is 0 Å². The summed E-state index contributed by atoms with van der Waals surface area (Å²) in [6, 6.07) is 27.1. The van der Waals surface area contributed by atoms with E-state index in [1.54, 1.807) is 0 Å². The molecule has 0 radical (unpaired) electrons. The minimum absolute atomic E-state index is 0.00925. The lowest BCUT2D eigenvalue weighted by Crippen LogP contribution is -2.70. The van der Waals surface area contributed by atoms with Crippen LogP contribution in [0.25, 0.3) is 0 Å². The molecule has 218 valence electrons.